The SMILES string of the molecule is CCCOc1cccc(NCC(=O)NC)c1N. The van der Waals surface area contributed by atoms with Gasteiger partial charge in [-0.25, -0.2) is 0 Å². The maximum atomic E-state index is 11.1. The fourth-order valence-electron chi connectivity index (χ4n) is 1.30. The molecule has 17 heavy (non-hydrogen) atoms. The standard InChI is InChI=1S/C12H19N3O2/c1-3-7-17-10-6-4-5-9(12(10)13)15-8-11(16)14-2/h4-6,15H,3,7-8,13H2,1-2H3,(H,14,16). The van der Waals surface area contributed by atoms with Crippen LogP contribution in [0.2, 0.25) is 0 Å². The average Bonchev–Trinajstić information content (AvgIpc) is 2.35. The minimum atomic E-state index is -0.0933. The number of hydrogen-bond acceptors (Lipinski definition) is 4. The summed E-state index contributed by atoms with van der Waals surface area (Å²) in [6.45, 7) is 2.85. The minimum Gasteiger partial charge on any atom is -0.491 e. The molecule has 0 aromatic heterocycles. The highest BCUT2D eigenvalue weighted by molar-refractivity contribution is 5.82. The van der Waals surface area contributed by atoms with Gasteiger partial charge in [0.25, 0.3) is 0 Å². The van der Waals surface area contributed by atoms with Crippen LogP contribution in [0.25, 0.3) is 0 Å². The second-order valence-corrected chi connectivity index (χ2v) is 3.59. The Kier molecular flexibility index (Phi) is 5.13. The maximum Gasteiger partial charge on any atom is 0.239 e. The summed E-state index contributed by atoms with van der Waals surface area (Å²) in [5.41, 5.74) is 7.18. The van der Waals surface area contributed by atoms with Gasteiger partial charge in [0.2, 0.25) is 5.91 Å². The first-order valence-electron chi connectivity index (χ1n) is 5.64. The van der Waals surface area contributed by atoms with Crippen LogP contribution in [0.4, 0.5) is 11.4 Å². The number of para-hydroxylation sites is 1. The molecule has 0 saturated heterocycles. The molecule has 0 spiro atoms. The molecule has 0 radical (unpaired) electrons. The molecular weight excluding hydrogens is 218 g/mol. The molecule has 1 aromatic carbocycles. The fraction of sp³-hybridized carbons (Fsp3) is 0.417. The number of hydrogen-bond donors (Lipinski definition) is 3. The molecule has 0 saturated carbocycles. The van der Waals surface area contributed by atoms with Crippen molar-refractivity contribution in [2.45, 2.75) is 13.3 Å². The molecule has 4 N–H and O–H groups in total. The van der Waals surface area contributed by atoms with Crippen LogP contribution in [-0.4, -0.2) is 26.1 Å². The summed E-state index contributed by atoms with van der Waals surface area (Å²) < 4.78 is 5.49. The molecule has 94 valence electrons. The lowest BCUT2D eigenvalue weighted by molar-refractivity contribution is -0.118. The van der Waals surface area contributed by atoms with Crippen molar-refractivity contribution in [2.75, 3.05) is 31.2 Å². The van der Waals surface area contributed by atoms with Crippen LogP contribution in [0.3, 0.4) is 0 Å². The molecule has 5 heteroatoms. The van der Waals surface area contributed by atoms with E-state index < -0.39 is 0 Å². The number of benzene rings is 1. The zero-order valence-corrected chi connectivity index (χ0v) is 10.2. The Balaban J connectivity index is 2.69. The summed E-state index contributed by atoms with van der Waals surface area (Å²) in [7, 11) is 1.59. The highest BCUT2D eigenvalue weighted by atomic mass is 16.5. The summed E-state index contributed by atoms with van der Waals surface area (Å²) in [4.78, 5) is 11.1. The molecule has 5 nitrogen and oxygen atoms in total. The largest absolute Gasteiger partial charge is 0.491 e. The summed E-state index contributed by atoms with van der Waals surface area (Å²) >= 11 is 0. The first kappa shape index (κ1) is 13.2. The van der Waals surface area contributed by atoms with Gasteiger partial charge in [0.05, 0.1) is 24.5 Å². The van der Waals surface area contributed by atoms with E-state index in [1.54, 1.807) is 7.05 Å². The van der Waals surface area contributed by atoms with Crippen LogP contribution in [0.5, 0.6) is 5.75 Å². The number of nitrogens with one attached hydrogen (secondary N) is 2. The Morgan fingerprint density at radius 1 is 1.47 bits per heavy atom. The monoisotopic (exact) mass is 237 g/mol. The van der Waals surface area contributed by atoms with Gasteiger partial charge in [-0.15, -0.1) is 0 Å². The first-order chi connectivity index (χ1) is 8.19. The minimum absolute atomic E-state index is 0.0933. The molecule has 0 heterocycles. The molecule has 0 aliphatic carbocycles. The molecular formula is C12H19N3O2. The van der Waals surface area contributed by atoms with Gasteiger partial charge < -0.3 is 21.1 Å². The number of likely N-dealkylation sites (N-methyl/N-ethyl adjacent to an activating group) is 1. The second-order valence-electron chi connectivity index (χ2n) is 3.59. The average molecular weight is 237 g/mol. The lowest BCUT2D eigenvalue weighted by Gasteiger charge is -2.13. The Bertz CT molecular complexity index is 380. The lowest BCUT2D eigenvalue weighted by atomic mass is 10.2. The van der Waals surface area contributed by atoms with Crippen molar-refractivity contribution in [3.63, 3.8) is 0 Å². The van der Waals surface area contributed by atoms with E-state index in [-0.39, 0.29) is 12.5 Å². The summed E-state index contributed by atoms with van der Waals surface area (Å²) in [6, 6.07) is 5.47. The molecule has 1 amide bonds. The van der Waals surface area contributed by atoms with Crippen molar-refractivity contribution in [3.8, 4) is 5.75 Å². The van der Waals surface area contributed by atoms with Crippen molar-refractivity contribution in [1.29, 1.82) is 0 Å². The number of rotatable bonds is 6. The van der Waals surface area contributed by atoms with Crippen LogP contribution in [0.1, 0.15) is 13.3 Å². The first-order valence-corrected chi connectivity index (χ1v) is 5.64. The van der Waals surface area contributed by atoms with Crippen molar-refractivity contribution in [3.05, 3.63) is 18.2 Å². The topological polar surface area (TPSA) is 76.4 Å². The van der Waals surface area contributed by atoms with E-state index in [1.165, 1.54) is 0 Å². The normalized spacial score (nSPS) is 9.76. The van der Waals surface area contributed by atoms with Crippen LogP contribution in [-0.2, 0) is 4.79 Å². The molecule has 0 aliphatic heterocycles. The molecule has 0 atom stereocenters. The highest BCUT2D eigenvalue weighted by Crippen LogP contribution is 2.29. The predicted octanol–water partition coefficient (Wildman–Crippen LogP) is 1.22. The Hall–Kier alpha value is -1.91. The maximum absolute atomic E-state index is 11.1. The van der Waals surface area contributed by atoms with E-state index in [9.17, 15) is 4.79 Å². The van der Waals surface area contributed by atoms with Gasteiger partial charge in [-0.05, 0) is 18.6 Å². The Morgan fingerprint density at radius 2 is 2.24 bits per heavy atom. The number of carbonyl (C=O) groups is 1. The number of carbonyl (C=O) groups excluding carboxylic acids is 1. The molecule has 0 aliphatic rings. The Morgan fingerprint density at radius 3 is 2.88 bits per heavy atom. The number of nitrogen functional groups attached to an aromatic ring is 1. The van der Waals surface area contributed by atoms with E-state index in [1.807, 2.05) is 25.1 Å². The van der Waals surface area contributed by atoms with Gasteiger partial charge in [0, 0.05) is 7.05 Å². The molecule has 0 bridgehead atoms. The van der Waals surface area contributed by atoms with Crippen LogP contribution in [0.15, 0.2) is 18.2 Å². The third kappa shape index (κ3) is 3.86. The quantitative estimate of drug-likeness (QED) is 0.650. The smallest absolute Gasteiger partial charge is 0.239 e. The van der Waals surface area contributed by atoms with Crippen LogP contribution >= 0.6 is 0 Å². The fourth-order valence-corrected chi connectivity index (χ4v) is 1.30. The number of nitrogens with two attached hydrogens (primary N) is 1. The third-order valence-electron chi connectivity index (χ3n) is 2.25. The van der Waals surface area contributed by atoms with E-state index in [2.05, 4.69) is 10.6 Å². The van der Waals surface area contributed by atoms with Gasteiger partial charge in [0.1, 0.15) is 5.75 Å². The van der Waals surface area contributed by atoms with Crippen molar-refractivity contribution >= 4 is 17.3 Å². The number of ether oxygens (including phenoxy) is 1. The summed E-state index contributed by atoms with van der Waals surface area (Å²) in [5, 5.41) is 5.49. The third-order valence-corrected chi connectivity index (χ3v) is 2.25. The molecule has 0 unspecified atom stereocenters. The molecule has 0 fully saturated rings. The van der Waals surface area contributed by atoms with Crippen LogP contribution < -0.4 is 21.1 Å². The van der Waals surface area contributed by atoms with Gasteiger partial charge >= 0.3 is 0 Å². The van der Waals surface area contributed by atoms with Crippen molar-refractivity contribution < 1.29 is 9.53 Å². The van der Waals surface area contributed by atoms with Crippen LogP contribution in [0, 0.1) is 0 Å². The zero-order chi connectivity index (χ0) is 12.7. The van der Waals surface area contributed by atoms with E-state index in [0.29, 0.717) is 23.7 Å². The van der Waals surface area contributed by atoms with Crippen molar-refractivity contribution in [1.82, 2.24) is 5.32 Å². The van der Waals surface area contributed by atoms with Gasteiger partial charge in [-0.1, -0.05) is 13.0 Å². The number of anilines is 2. The van der Waals surface area contributed by atoms with E-state index >= 15 is 0 Å². The summed E-state index contributed by atoms with van der Waals surface area (Å²) in [6.07, 6.45) is 0.926. The second kappa shape index (κ2) is 6.62. The van der Waals surface area contributed by atoms with E-state index in [4.69, 9.17) is 10.5 Å². The van der Waals surface area contributed by atoms with E-state index in [0.717, 1.165) is 6.42 Å². The van der Waals surface area contributed by atoms with Gasteiger partial charge in [-0.3, -0.25) is 4.79 Å². The molecule has 1 rings (SSSR count). The predicted molar refractivity (Wildman–Crippen MR) is 69.2 cm³/mol. The zero-order valence-electron chi connectivity index (χ0n) is 10.2. The van der Waals surface area contributed by atoms with Gasteiger partial charge in [-0.2, -0.15) is 0 Å². The van der Waals surface area contributed by atoms with Gasteiger partial charge in [0.15, 0.2) is 0 Å². The molecule has 1 aromatic rings. The number of amides is 1. The summed E-state index contributed by atoms with van der Waals surface area (Å²) in [5.74, 6) is 0.554. The lowest BCUT2D eigenvalue weighted by Crippen LogP contribution is -2.26. The van der Waals surface area contributed by atoms with Crippen molar-refractivity contribution in [2.24, 2.45) is 0 Å². The highest BCUT2D eigenvalue weighted by Gasteiger charge is 2.06. The Labute approximate surface area is 101 Å².